The summed E-state index contributed by atoms with van der Waals surface area (Å²) in [6.45, 7) is 3.28. The standard InChI is InChI=1S/C23H30N8O3/c1-15-11-16-12-17(7-8-20(16)34-15)27-23(24)28-19-6-2-3-9-30(22(19)33)14-21(32)31-10-4-5-18(31)13-26-29-25/h7-8,11-12,18-19H,2-6,9-10,13-14H2,1H3,(H3,24,27,28). The topological polar surface area (TPSA) is 153 Å². The summed E-state index contributed by atoms with van der Waals surface area (Å²) >= 11 is 0. The number of benzene rings is 1. The predicted octanol–water partition coefficient (Wildman–Crippen LogP) is 3.15. The van der Waals surface area contributed by atoms with Gasteiger partial charge >= 0.3 is 0 Å². The molecule has 11 heteroatoms. The molecule has 1 aromatic heterocycles. The molecule has 2 aliphatic rings. The number of hydrogen-bond acceptors (Lipinski definition) is 5. The van der Waals surface area contributed by atoms with Gasteiger partial charge in [-0.05, 0) is 68.8 Å². The molecule has 11 nitrogen and oxygen atoms in total. The fourth-order valence-electron chi connectivity index (χ4n) is 4.70. The van der Waals surface area contributed by atoms with Crippen LogP contribution in [-0.4, -0.2) is 65.8 Å². The number of carbonyl (C=O) groups excluding carboxylic acids is 2. The Balaban J connectivity index is 1.41. The van der Waals surface area contributed by atoms with E-state index < -0.39 is 6.04 Å². The van der Waals surface area contributed by atoms with Crippen LogP contribution >= 0.6 is 0 Å². The lowest BCUT2D eigenvalue weighted by atomic mass is 10.1. The zero-order valence-electron chi connectivity index (χ0n) is 19.3. The first-order valence-corrected chi connectivity index (χ1v) is 11.6. The molecule has 2 saturated heterocycles. The number of azide groups is 1. The summed E-state index contributed by atoms with van der Waals surface area (Å²) in [4.78, 5) is 36.7. The fraction of sp³-hybridized carbons (Fsp3) is 0.522. The normalized spacial score (nSPS) is 21.4. The summed E-state index contributed by atoms with van der Waals surface area (Å²) in [5.74, 6) is 0.663. The van der Waals surface area contributed by atoms with E-state index >= 15 is 0 Å². The minimum Gasteiger partial charge on any atom is -0.461 e. The van der Waals surface area contributed by atoms with Crippen LogP contribution in [0.15, 0.2) is 38.8 Å². The van der Waals surface area contributed by atoms with Gasteiger partial charge in [-0.15, -0.1) is 0 Å². The van der Waals surface area contributed by atoms with Crippen molar-refractivity contribution in [3.05, 3.63) is 40.5 Å². The molecule has 2 aliphatic heterocycles. The van der Waals surface area contributed by atoms with Gasteiger partial charge in [0.05, 0.1) is 6.54 Å². The number of aliphatic imine (C=N–C) groups is 1. The summed E-state index contributed by atoms with van der Waals surface area (Å²) < 4.78 is 5.59. The molecule has 0 radical (unpaired) electrons. The van der Waals surface area contributed by atoms with Crippen molar-refractivity contribution in [2.45, 2.75) is 51.1 Å². The van der Waals surface area contributed by atoms with E-state index in [9.17, 15) is 9.59 Å². The van der Waals surface area contributed by atoms with Gasteiger partial charge in [-0.1, -0.05) is 5.11 Å². The van der Waals surface area contributed by atoms with Gasteiger partial charge in [0.25, 0.3) is 0 Å². The maximum Gasteiger partial charge on any atom is 0.247 e. The van der Waals surface area contributed by atoms with Gasteiger partial charge in [-0.3, -0.25) is 9.59 Å². The molecule has 2 fully saturated rings. The van der Waals surface area contributed by atoms with Crippen molar-refractivity contribution in [1.82, 2.24) is 9.80 Å². The Morgan fingerprint density at radius 2 is 2.12 bits per heavy atom. The van der Waals surface area contributed by atoms with E-state index in [1.54, 1.807) is 9.80 Å². The zero-order chi connectivity index (χ0) is 24.1. The zero-order valence-corrected chi connectivity index (χ0v) is 19.3. The second kappa shape index (κ2) is 10.5. The number of aryl methyl sites for hydroxylation is 1. The first-order chi connectivity index (χ1) is 16.4. The van der Waals surface area contributed by atoms with E-state index in [1.165, 1.54) is 0 Å². The first-order valence-electron chi connectivity index (χ1n) is 11.6. The molecular weight excluding hydrogens is 436 g/mol. The van der Waals surface area contributed by atoms with Crippen molar-refractivity contribution in [3.8, 4) is 0 Å². The molecular formula is C23H30N8O3. The van der Waals surface area contributed by atoms with E-state index in [-0.39, 0.29) is 36.9 Å². The number of nitrogens with two attached hydrogens (primary N) is 1. The van der Waals surface area contributed by atoms with E-state index in [2.05, 4.69) is 20.3 Å². The number of carbonyl (C=O) groups is 2. The maximum absolute atomic E-state index is 13.2. The van der Waals surface area contributed by atoms with Crippen LogP contribution in [-0.2, 0) is 9.59 Å². The quantitative estimate of drug-likeness (QED) is 0.220. The number of fused-ring (bicyclic) bond motifs is 1. The number of guanidine groups is 1. The lowest BCUT2D eigenvalue weighted by Crippen LogP contribution is -2.47. The third-order valence-corrected chi connectivity index (χ3v) is 6.34. The molecule has 3 heterocycles. The van der Waals surface area contributed by atoms with Crippen LogP contribution in [0.4, 0.5) is 5.69 Å². The number of furan rings is 1. The molecule has 2 atom stereocenters. The molecule has 0 saturated carbocycles. The Kier molecular flexibility index (Phi) is 7.22. The molecule has 180 valence electrons. The Morgan fingerprint density at radius 1 is 1.26 bits per heavy atom. The summed E-state index contributed by atoms with van der Waals surface area (Å²) in [5, 5.41) is 7.63. The predicted molar refractivity (Wildman–Crippen MR) is 129 cm³/mol. The summed E-state index contributed by atoms with van der Waals surface area (Å²) in [6, 6.07) is 6.81. The van der Waals surface area contributed by atoms with E-state index in [4.69, 9.17) is 15.7 Å². The van der Waals surface area contributed by atoms with Crippen LogP contribution in [0.2, 0.25) is 0 Å². The number of nitrogens with one attached hydrogen (secondary N) is 1. The van der Waals surface area contributed by atoms with Crippen LogP contribution in [0.3, 0.4) is 0 Å². The summed E-state index contributed by atoms with van der Waals surface area (Å²) in [6.07, 6.45) is 3.87. The molecule has 1 aromatic carbocycles. The highest BCUT2D eigenvalue weighted by Gasteiger charge is 2.33. The summed E-state index contributed by atoms with van der Waals surface area (Å²) in [7, 11) is 0. The van der Waals surface area contributed by atoms with Gasteiger partial charge in [-0.2, -0.15) is 0 Å². The Morgan fingerprint density at radius 3 is 2.94 bits per heavy atom. The smallest absolute Gasteiger partial charge is 0.247 e. The monoisotopic (exact) mass is 466 g/mol. The number of amides is 2. The number of nitrogens with zero attached hydrogens (tertiary/aromatic N) is 6. The lowest BCUT2D eigenvalue weighted by Gasteiger charge is -2.28. The maximum atomic E-state index is 13.2. The van der Waals surface area contributed by atoms with Crippen LogP contribution in [0, 0.1) is 6.92 Å². The third kappa shape index (κ3) is 5.43. The average Bonchev–Trinajstić information content (AvgIpc) is 3.39. The molecule has 2 amide bonds. The van der Waals surface area contributed by atoms with Gasteiger partial charge in [-0.25, -0.2) is 4.99 Å². The van der Waals surface area contributed by atoms with Gasteiger partial charge in [0, 0.05) is 41.7 Å². The molecule has 4 rings (SSSR count). The highest BCUT2D eigenvalue weighted by atomic mass is 16.3. The van der Waals surface area contributed by atoms with Gasteiger partial charge < -0.3 is 25.3 Å². The molecule has 0 bridgehead atoms. The second-order valence-corrected chi connectivity index (χ2v) is 8.82. The van der Waals surface area contributed by atoms with Crippen LogP contribution in [0.1, 0.15) is 37.9 Å². The Labute approximate surface area is 197 Å². The lowest BCUT2D eigenvalue weighted by molar-refractivity contribution is -0.141. The largest absolute Gasteiger partial charge is 0.461 e. The Hall–Kier alpha value is -3.72. The first kappa shape index (κ1) is 23.4. The molecule has 0 aliphatic carbocycles. The minimum atomic E-state index is -0.639. The average molecular weight is 467 g/mol. The van der Waals surface area contributed by atoms with Crippen molar-refractivity contribution in [2.75, 3.05) is 31.5 Å². The van der Waals surface area contributed by atoms with Crippen molar-refractivity contribution in [3.63, 3.8) is 0 Å². The van der Waals surface area contributed by atoms with Crippen LogP contribution in [0.25, 0.3) is 21.4 Å². The van der Waals surface area contributed by atoms with E-state index in [0.717, 1.165) is 48.1 Å². The molecule has 0 spiro atoms. The van der Waals surface area contributed by atoms with Crippen LogP contribution in [0.5, 0.6) is 0 Å². The SMILES string of the molecule is Cc1cc2cc(NC(N)=NC3CCCCN(CC(=O)N4CCCC4CN=[N+]=[N-])C3=O)ccc2o1. The second-order valence-electron chi connectivity index (χ2n) is 8.82. The molecule has 2 unspecified atom stereocenters. The number of likely N-dealkylation sites (tertiary alicyclic amines) is 2. The highest BCUT2D eigenvalue weighted by molar-refractivity contribution is 5.97. The summed E-state index contributed by atoms with van der Waals surface area (Å²) in [5.41, 5.74) is 16.3. The van der Waals surface area contributed by atoms with Gasteiger partial charge in [0.15, 0.2) is 5.96 Å². The molecule has 34 heavy (non-hydrogen) atoms. The van der Waals surface area contributed by atoms with Gasteiger partial charge in [0.1, 0.15) is 17.4 Å². The van der Waals surface area contributed by atoms with Crippen LogP contribution < -0.4 is 11.1 Å². The van der Waals surface area contributed by atoms with Crippen molar-refractivity contribution >= 4 is 34.4 Å². The number of anilines is 1. The fourth-order valence-corrected chi connectivity index (χ4v) is 4.70. The van der Waals surface area contributed by atoms with Crippen molar-refractivity contribution in [1.29, 1.82) is 0 Å². The third-order valence-electron chi connectivity index (χ3n) is 6.34. The van der Waals surface area contributed by atoms with E-state index in [0.29, 0.717) is 19.5 Å². The van der Waals surface area contributed by atoms with Crippen molar-refractivity contribution < 1.29 is 14.0 Å². The number of rotatable bonds is 6. The van der Waals surface area contributed by atoms with Crippen molar-refractivity contribution in [2.24, 2.45) is 15.8 Å². The molecule has 3 N–H and O–H groups in total. The molecule has 2 aromatic rings. The Bertz CT molecular complexity index is 1140. The highest BCUT2D eigenvalue weighted by Crippen LogP contribution is 2.23. The number of hydrogen-bond donors (Lipinski definition) is 2. The van der Waals surface area contributed by atoms with E-state index in [1.807, 2.05) is 31.2 Å². The minimum absolute atomic E-state index is 0.00145. The van der Waals surface area contributed by atoms with Gasteiger partial charge in [0.2, 0.25) is 11.8 Å².